The normalized spacial score (nSPS) is 20.7. The van der Waals surface area contributed by atoms with Gasteiger partial charge in [0.05, 0.1) is 0 Å². The maximum Gasteiger partial charge on any atom is -0.0159 e. The Morgan fingerprint density at radius 3 is 2.00 bits per heavy atom. The first-order chi connectivity index (χ1) is 11.3. The molecule has 0 heterocycles. The maximum absolute atomic E-state index is 2.39. The Bertz CT molecular complexity index is 567. The molecule has 23 heavy (non-hydrogen) atoms. The molecule has 0 spiro atoms. The fourth-order valence-corrected chi connectivity index (χ4v) is 3.95. The minimum atomic E-state index is 0.824. The van der Waals surface area contributed by atoms with Gasteiger partial charge in [-0.2, -0.15) is 0 Å². The highest BCUT2D eigenvalue weighted by Crippen LogP contribution is 2.37. The van der Waals surface area contributed by atoms with Gasteiger partial charge < -0.3 is 0 Å². The Morgan fingerprint density at radius 2 is 1.39 bits per heavy atom. The summed E-state index contributed by atoms with van der Waals surface area (Å²) in [4.78, 5) is 0. The van der Waals surface area contributed by atoms with Crippen molar-refractivity contribution in [3.8, 4) is 0 Å². The summed E-state index contributed by atoms with van der Waals surface area (Å²) in [6, 6.07) is 20.4. The fraction of sp³-hybridized carbons (Fsp3) is 0.478. The summed E-state index contributed by atoms with van der Waals surface area (Å²) in [7, 11) is 0. The first-order valence-electron chi connectivity index (χ1n) is 9.44. The van der Waals surface area contributed by atoms with E-state index in [4.69, 9.17) is 0 Å². The number of rotatable bonds is 7. The maximum atomic E-state index is 2.39. The van der Waals surface area contributed by atoms with Crippen LogP contribution in [0.25, 0.3) is 0 Å². The zero-order valence-corrected chi connectivity index (χ0v) is 14.5. The molecule has 1 aliphatic rings. The molecule has 0 N–H and O–H groups in total. The van der Waals surface area contributed by atoms with Crippen LogP contribution >= 0.6 is 0 Å². The molecule has 3 rings (SSSR count). The van der Waals surface area contributed by atoms with Crippen molar-refractivity contribution in [2.45, 2.75) is 64.2 Å². The predicted molar refractivity (Wildman–Crippen MR) is 99.9 cm³/mol. The lowest BCUT2D eigenvalue weighted by Crippen LogP contribution is -1.94. The van der Waals surface area contributed by atoms with Gasteiger partial charge in [-0.1, -0.05) is 74.4 Å². The van der Waals surface area contributed by atoms with Gasteiger partial charge in [-0.15, -0.1) is 0 Å². The van der Waals surface area contributed by atoms with Crippen LogP contribution in [0.15, 0.2) is 54.6 Å². The zero-order valence-electron chi connectivity index (χ0n) is 14.5. The van der Waals surface area contributed by atoms with Crippen LogP contribution in [0.4, 0.5) is 0 Å². The lowest BCUT2D eigenvalue weighted by atomic mass is 9.94. The fourth-order valence-electron chi connectivity index (χ4n) is 3.95. The molecular weight excluding hydrogens is 276 g/mol. The van der Waals surface area contributed by atoms with Gasteiger partial charge in [0.15, 0.2) is 0 Å². The van der Waals surface area contributed by atoms with E-state index >= 15 is 0 Å². The monoisotopic (exact) mass is 306 g/mol. The molecule has 2 aromatic carbocycles. The molecule has 1 fully saturated rings. The van der Waals surface area contributed by atoms with Gasteiger partial charge in [0.25, 0.3) is 0 Å². The second-order valence-corrected chi connectivity index (χ2v) is 7.40. The molecule has 0 aliphatic heterocycles. The van der Waals surface area contributed by atoms with E-state index in [2.05, 4.69) is 61.5 Å². The highest BCUT2D eigenvalue weighted by molar-refractivity contribution is 5.26. The van der Waals surface area contributed by atoms with Crippen LogP contribution in [0.2, 0.25) is 0 Å². The quantitative estimate of drug-likeness (QED) is 0.509. The Labute approximate surface area is 141 Å². The Kier molecular flexibility index (Phi) is 5.91. The summed E-state index contributed by atoms with van der Waals surface area (Å²) >= 11 is 0. The molecule has 122 valence electrons. The third-order valence-electron chi connectivity index (χ3n) is 5.42. The van der Waals surface area contributed by atoms with Crippen LogP contribution < -0.4 is 0 Å². The van der Waals surface area contributed by atoms with Crippen molar-refractivity contribution in [1.82, 2.24) is 0 Å². The summed E-state index contributed by atoms with van der Waals surface area (Å²) in [5.74, 6) is 1.74. The van der Waals surface area contributed by atoms with E-state index in [0.29, 0.717) is 0 Å². The molecule has 1 aliphatic carbocycles. The van der Waals surface area contributed by atoms with Gasteiger partial charge in [-0.25, -0.2) is 0 Å². The predicted octanol–water partition coefficient (Wildman–Crippen LogP) is 6.55. The number of unbranched alkanes of at least 4 members (excludes halogenated alkanes) is 2. The van der Waals surface area contributed by atoms with Gasteiger partial charge in [0.1, 0.15) is 0 Å². The van der Waals surface area contributed by atoms with E-state index in [1.807, 2.05) is 0 Å². The molecular formula is C23H30. The lowest BCUT2D eigenvalue weighted by molar-refractivity contribution is 0.596. The van der Waals surface area contributed by atoms with Crippen molar-refractivity contribution in [3.05, 3.63) is 71.3 Å². The SMILES string of the molecule is CC1CCC(c2ccc(CCCCCc3ccccc3)cc2)C1. The number of hydrogen-bond acceptors (Lipinski definition) is 0. The van der Waals surface area contributed by atoms with E-state index in [1.54, 1.807) is 5.56 Å². The first-order valence-corrected chi connectivity index (χ1v) is 9.44. The summed E-state index contributed by atoms with van der Waals surface area (Å²) in [6.07, 6.45) is 10.6. The summed E-state index contributed by atoms with van der Waals surface area (Å²) in [5.41, 5.74) is 4.56. The Hall–Kier alpha value is -1.56. The van der Waals surface area contributed by atoms with E-state index in [0.717, 1.165) is 11.8 Å². The third kappa shape index (κ3) is 4.96. The Balaban J connectivity index is 1.37. The highest BCUT2D eigenvalue weighted by Gasteiger charge is 2.22. The Morgan fingerprint density at radius 1 is 0.739 bits per heavy atom. The van der Waals surface area contributed by atoms with Crippen LogP contribution in [0, 0.1) is 5.92 Å². The topological polar surface area (TPSA) is 0 Å². The van der Waals surface area contributed by atoms with Crippen LogP contribution in [0.3, 0.4) is 0 Å². The van der Waals surface area contributed by atoms with E-state index < -0.39 is 0 Å². The van der Waals surface area contributed by atoms with Gasteiger partial charge in [-0.05, 0) is 67.1 Å². The smallest absolute Gasteiger partial charge is 0.0159 e. The molecule has 0 nitrogen and oxygen atoms in total. The van der Waals surface area contributed by atoms with E-state index in [1.165, 1.54) is 62.5 Å². The zero-order chi connectivity index (χ0) is 15.9. The van der Waals surface area contributed by atoms with Crippen LogP contribution in [-0.4, -0.2) is 0 Å². The summed E-state index contributed by atoms with van der Waals surface area (Å²) in [5, 5.41) is 0. The molecule has 0 radical (unpaired) electrons. The molecule has 0 heteroatoms. The standard InChI is InChI=1S/C23H30/c1-19-12-15-23(18-19)22-16-13-21(14-17-22)11-7-3-6-10-20-8-4-2-5-9-20/h2,4-5,8-9,13-14,16-17,19,23H,3,6-7,10-12,15,18H2,1H3. The van der Waals surface area contributed by atoms with Crippen LogP contribution in [0.5, 0.6) is 0 Å². The minimum absolute atomic E-state index is 0.824. The molecule has 1 saturated carbocycles. The second-order valence-electron chi connectivity index (χ2n) is 7.40. The minimum Gasteiger partial charge on any atom is -0.0625 e. The van der Waals surface area contributed by atoms with Crippen molar-refractivity contribution in [2.75, 3.05) is 0 Å². The number of benzene rings is 2. The molecule has 2 aromatic rings. The number of hydrogen-bond donors (Lipinski definition) is 0. The third-order valence-corrected chi connectivity index (χ3v) is 5.42. The highest BCUT2D eigenvalue weighted by atomic mass is 14.3. The van der Waals surface area contributed by atoms with Gasteiger partial charge >= 0.3 is 0 Å². The van der Waals surface area contributed by atoms with Crippen molar-refractivity contribution in [1.29, 1.82) is 0 Å². The molecule has 2 atom stereocenters. The van der Waals surface area contributed by atoms with E-state index in [9.17, 15) is 0 Å². The molecule has 0 aromatic heterocycles. The average molecular weight is 306 g/mol. The van der Waals surface area contributed by atoms with Crippen LogP contribution in [-0.2, 0) is 12.8 Å². The summed E-state index contributed by atoms with van der Waals surface area (Å²) in [6.45, 7) is 2.39. The van der Waals surface area contributed by atoms with E-state index in [-0.39, 0.29) is 0 Å². The van der Waals surface area contributed by atoms with Crippen molar-refractivity contribution in [2.24, 2.45) is 5.92 Å². The molecule has 2 unspecified atom stereocenters. The largest absolute Gasteiger partial charge is 0.0625 e. The van der Waals surface area contributed by atoms with Gasteiger partial charge in [-0.3, -0.25) is 0 Å². The molecule has 0 bridgehead atoms. The first kappa shape index (κ1) is 16.3. The van der Waals surface area contributed by atoms with Gasteiger partial charge in [0, 0.05) is 0 Å². The van der Waals surface area contributed by atoms with Crippen molar-refractivity contribution >= 4 is 0 Å². The number of aryl methyl sites for hydroxylation is 2. The summed E-state index contributed by atoms with van der Waals surface area (Å²) < 4.78 is 0. The van der Waals surface area contributed by atoms with Crippen molar-refractivity contribution in [3.63, 3.8) is 0 Å². The lowest BCUT2D eigenvalue weighted by Gasteiger charge is -2.11. The molecule has 0 amide bonds. The average Bonchev–Trinajstić information content (AvgIpc) is 3.03. The second kappa shape index (κ2) is 8.34. The van der Waals surface area contributed by atoms with Gasteiger partial charge in [0.2, 0.25) is 0 Å². The molecule has 0 saturated heterocycles. The van der Waals surface area contributed by atoms with Crippen molar-refractivity contribution < 1.29 is 0 Å². The van der Waals surface area contributed by atoms with Crippen LogP contribution in [0.1, 0.15) is 68.1 Å².